The van der Waals surface area contributed by atoms with E-state index < -0.39 is 34.1 Å². The molecule has 0 aliphatic carbocycles. The number of carbonyl (C=O) groups is 1. The van der Waals surface area contributed by atoms with Crippen molar-refractivity contribution in [2.45, 2.75) is 4.90 Å². The summed E-state index contributed by atoms with van der Waals surface area (Å²) in [4.78, 5) is 11.7. The van der Waals surface area contributed by atoms with Gasteiger partial charge in [-0.25, -0.2) is 17.2 Å². The zero-order valence-electron chi connectivity index (χ0n) is 12.8. The van der Waals surface area contributed by atoms with Crippen LogP contribution in [0.1, 0.15) is 0 Å². The Morgan fingerprint density at radius 1 is 1.16 bits per heavy atom. The second-order valence-corrected chi connectivity index (χ2v) is 7.87. The highest BCUT2D eigenvalue weighted by molar-refractivity contribution is 7.89. The van der Waals surface area contributed by atoms with Gasteiger partial charge in [0.05, 0.1) is 17.3 Å². The number of carbonyl (C=O) groups excluding carboxylic acids is 1. The first-order chi connectivity index (χ1) is 11.6. The molecule has 0 bridgehead atoms. The fourth-order valence-corrected chi connectivity index (χ4v) is 3.77. The maximum absolute atomic E-state index is 13.5. The molecular formula is C15H12Cl2F2N2O3S. The molecule has 134 valence electrons. The van der Waals surface area contributed by atoms with Crippen LogP contribution in [-0.4, -0.2) is 32.2 Å². The van der Waals surface area contributed by atoms with Crippen molar-refractivity contribution in [1.29, 1.82) is 0 Å². The molecule has 0 unspecified atom stereocenters. The van der Waals surface area contributed by atoms with Gasteiger partial charge in [-0.3, -0.25) is 4.79 Å². The second kappa shape index (κ2) is 7.65. The largest absolute Gasteiger partial charge is 0.322 e. The number of nitrogens with zero attached hydrogens (tertiary/aromatic N) is 1. The minimum atomic E-state index is -4.09. The summed E-state index contributed by atoms with van der Waals surface area (Å²) >= 11 is 11.7. The van der Waals surface area contributed by atoms with Crippen LogP contribution in [0.4, 0.5) is 14.5 Å². The molecular weight excluding hydrogens is 397 g/mol. The zero-order chi connectivity index (χ0) is 18.8. The third-order valence-electron chi connectivity index (χ3n) is 3.15. The number of hydrogen-bond donors (Lipinski definition) is 1. The molecule has 0 atom stereocenters. The van der Waals surface area contributed by atoms with Gasteiger partial charge in [-0.1, -0.05) is 23.2 Å². The highest BCUT2D eigenvalue weighted by Gasteiger charge is 2.26. The predicted octanol–water partition coefficient (Wildman–Crippen LogP) is 3.53. The molecule has 25 heavy (non-hydrogen) atoms. The molecule has 0 saturated carbocycles. The Kier molecular flexibility index (Phi) is 5.99. The van der Waals surface area contributed by atoms with E-state index in [0.29, 0.717) is 6.07 Å². The fraction of sp³-hybridized carbons (Fsp3) is 0.133. The molecule has 2 rings (SSSR count). The van der Waals surface area contributed by atoms with Gasteiger partial charge in [0.25, 0.3) is 0 Å². The number of benzene rings is 2. The summed E-state index contributed by atoms with van der Waals surface area (Å²) in [6, 6.07) is 6.50. The van der Waals surface area contributed by atoms with Crippen LogP contribution in [0.2, 0.25) is 10.0 Å². The van der Waals surface area contributed by atoms with Crippen molar-refractivity contribution in [1.82, 2.24) is 4.31 Å². The highest BCUT2D eigenvalue weighted by Crippen LogP contribution is 2.27. The van der Waals surface area contributed by atoms with E-state index >= 15 is 0 Å². The summed E-state index contributed by atoms with van der Waals surface area (Å²) in [6.07, 6.45) is 0. The number of halogens is 4. The van der Waals surface area contributed by atoms with Gasteiger partial charge in [0.1, 0.15) is 16.5 Å². The van der Waals surface area contributed by atoms with Crippen molar-refractivity contribution in [3.63, 3.8) is 0 Å². The lowest BCUT2D eigenvalue weighted by Crippen LogP contribution is -2.35. The van der Waals surface area contributed by atoms with Gasteiger partial charge in [0.15, 0.2) is 0 Å². The average Bonchev–Trinajstić information content (AvgIpc) is 2.52. The van der Waals surface area contributed by atoms with Gasteiger partial charge in [-0.2, -0.15) is 4.31 Å². The number of rotatable bonds is 5. The predicted molar refractivity (Wildman–Crippen MR) is 91.3 cm³/mol. The number of sulfonamides is 1. The van der Waals surface area contributed by atoms with Crippen LogP contribution < -0.4 is 5.32 Å². The number of amides is 1. The molecule has 0 aromatic heterocycles. The summed E-state index contributed by atoms with van der Waals surface area (Å²) in [5.41, 5.74) is -0.266. The standard InChI is InChI=1S/C15H12Cl2F2N2O3S/c1-21(25(23,24)14-6-9(16)2-4-11(14)17)8-15(22)20-13-5-3-10(18)7-12(13)19/h2-7H,8H2,1H3,(H,20,22). The van der Waals surface area contributed by atoms with E-state index in [2.05, 4.69) is 5.32 Å². The maximum Gasteiger partial charge on any atom is 0.244 e. The van der Waals surface area contributed by atoms with Crippen molar-refractivity contribution in [2.75, 3.05) is 18.9 Å². The normalized spacial score (nSPS) is 11.6. The van der Waals surface area contributed by atoms with E-state index in [0.717, 1.165) is 29.6 Å². The molecule has 0 heterocycles. The molecule has 2 aromatic rings. The first-order valence-electron chi connectivity index (χ1n) is 6.77. The molecule has 0 aliphatic rings. The number of hydrogen-bond acceptors (Lipinski definition) is 3. The van der Waals surface area contributed by atoms with Crippen molar-refractivity contribution in [2.24, 2.45) is 0 Å². The van der Waals surface area contributed by atoms with Crippen molar-refractivity contribution >= 4 is 44.8 Å². The van der Waals surface area contributed by atoms with Crippen LogP contribution in [0.3, 0.4) is 0 Å². The minimum absolute atomic E-state index is 0.0544. The Morgan fingerprint density at radius 3 is 2.48 bits per heavy atom. The van der Waals surface area contributed by atoms with E-state index in [1.807, 2.05) is 0 Å². The summed E-state index contributed by atoms with van der Waals surface area (Å²) in [7, 11) is -2.93. The summed E-state index contributed by atoms with van der Waals surface area (Å²) in [6.45, 7) is -0.609. The van der Waals surface area contributed by atoms with Gasteiger partial charge in [-0.15, -0.1) is 0 Å². The third kappa shape index (κ3) is 4.66. The van der Waals surface area contributed by atoms with Crippen LogP contribution in [0.25, 0.3) is 0 Å². The Labute approximate surface area is 153 Å². The topological polar surface area (TPSA) is 66.5 Å². The Bertz CT molecular complexity index is 923. The third-order valence-corrected chi connectivity index (χ3v) is 5.67. The molecule has 1 N–H and O–H groups in total. The SMILES string of the molecule is CN(CC(=O)Nc1ccc(F)cc1F)S(=O)(=O)c1cc(Cl)ccc1Cl. The van der Waals surface area contributed by atoms with Gasteiger partial charge < -0.3 is 5.32 Å². The lowest BCUT2D eigenvalue weighted by molar-refractivity contribution is -0.116. The number of nitrogens with one attached hydrogen (secondary N) is 1. The average molecular weight is 409 g/mol. The quantitative estimate of drug-likeness (QED) is 0.822. The Hall–Kier alpha value is -1.74. The van der Waals surface area contributed by atoms with Gasteiger partial charge in [-0.05, 0) is 30.3 Å². The van der Waals surface area contributed by atoms with Gasteiger partial charge >= 0.3 is 0 Å². The second-order valence-electron chi connectivity index (χ2n) is 5.01. The number of likely N-dealkylation sites (N-methyl/N-ethyl adjacent to an activating group) is 1. The highest BCUT2D eigenvalue weighted by atomic mass is 35.5. The molecule has 1 amide bonds. The first kappa shape index (κ1) is 19.6. The lowest BCUT2D eigenvalue weighted by atomic mass is 10.3. The van der Waals surface area contributed by atoms with Crippen molar-refractivity contribution in [3.8, 4) is 0 Å². The van der Waals surface area contributed by atoms with E-state index in [4.69, 9.17) is 23.2 Å². The van der Waals surface area contributed by atoms with E-state index in [1.165, 1.54) is 12.1 Å². The molecule has 5 nitrogen and oxygen atoms in total. The van der Waals surface area contributed by atoms with E-state index in [-0.39, 0.29) is 20.6 Å². The zero-order valence-corrected chi connectivity index (χ0v) is 15.1. The molecule has 0 aliphatic heterocycles. The minimum Gasteiger partial charge on any atom is -0.322 e. The molecule has 0 radical (unpaired) electrons. The van der Waals surface area contributed by atoms with Crippen molar-refractivity contribution in [3.05, 3.63) is 58.1 Å². The van der Waals surface area contributed by atoms with Crippen LogP contribution in [-0.2, 0) is 14.8 Å². The summed E-state index contributed by atoms with van der Waals surface area (Å²) < 4.78 is 52.1. The van der Waals surface area contributed by atoms with Crippen LogP contribution >= 0.6 is 23.2 Å². The number of anilines is 1. The molecule has 0 spiro atoms. The molecule has 0 fully saturated rings. The fourth-order valence-electron chi connectivity index (χ4n) is 1.91. The van der Waals surface area contributed by atoms with Crippen molar-refractivity contribution < 1.29 is 22.0 Å². The molecule has 0 saturated heterocycles. The molecule has 2 aromatic carbocycles. The lowest BCUT2D eigenvalue weighted by Gasteiger charge is -2.18. The monoisotopic (exact) mass is 408 g/mol. The first-order valence-corrected chi connectivity index (χ1v) is 8.97. The van der Waals surface area contributed by atoms with Gasteiger partial charge in [0.2, 0.25) is 15.9 Å². The Morgan fingerprint density at radius 2 is 1.84 bits per heavy atom. The maximum atomic E-state index is 13.5. The van der Waals surface area contributed by atoms with Crippen LogP contribution in [0, 0.1) is 11.6 Å². The van der Waals surface area contributed by atoms with Crippen LogP contribution in [0.5, 0.6) is 0 Å². The Balaban J connectivity index is 2.16. The van der Waals surface area contributed by atoms with Gasteiger partial charge in [0, 0.05) is 18.1 Å². The summed E-state index contributed by atoms with van der Waals surface area (Å²) in [5, 5.41) is 2.28. The smallest absolute Gasteiger partial charge is 0.244 e. The van der Waals surface area contributed by atoms with E-state index in [9.17, 15) is 22.0 Å². The summed E-state index contributed by atoms with van der Waals surface area (Å²) in [5.74, 6) is -2.59. The van der Waals surface area contributed by atoms with E-state index in [1.54, 1.807) is 0 Å². The van der Waals surface area contributed by atoms with Crippen LogP contribution in [0.15, 0.2) is 41.3 Å². The molecule has 10 heteroatoms.